The number of aryl methyl sites for hydroxylation is 1. The second kappa shape index (κ2) is 18.6. The molecule has 2 aromatic carbocycles. The van der Waals surface area contributed by atoms with Gasteiger partial charge in [0.2, 0.25) is 37.2 Å². The number of nitrogens with one attached hydrogen (secondary N) is 2. The van der Waals surface area contributed by atoms with Crippen molar-refractivity contribution in [3.05, 3.63) is 70.8 Å². The van der Waals surface area contributed by atoms with Crippen molar-refractivity contribution in [2.75, 3.05) is 18.5 Å². The maximum absolute atomic E-state index is 14.1. The predicted octanol–water partition coefficient (Wildman–Crippen LogP) is 4.71. The number of hydrogen-bond acceptors (Lipinski definition) is 12. The predicted molar refractivity (Wildman–Crippen MR) is 213 cm³/mol. The van der Waals surface area contributed by atoms with Crippen LogP contribution >= 0.6 is 7.60 Å². The minimum absolute atomic E-state index is 0.101. The lowest BCUT2D eigenvalue weighted by Crippen LogP contribution is -2.55. The van der Waals surface area contributed by atoms with Crippen molar-refractivity contribution in [3.8, 4) is 0 Å². The highest BCUT2D eigenvalue weighted by atomic mass is 31.2. The van der Waals surface area contributed by atoms with Gasteiger partial charge < -0.3 is 25.8 Å². The molecule has 314 valence electrons. The molecule has 0 aliphatic carbocycles. The van der Waals surface area contributed by atoms with Crippen LogP contribution < -0.4 is 21.3 Å². The van der Waals surface area contributed by atoms with Gasteiger partial charge in [-0.2, -0.15) is 0 Å². The van der Waals surface area contributed by atoms with E-state index in [0.29, 0.717) is 42.5 Å². The Morgan fingerprint density at radius 1 is 0.897 bits per heavy atom. The fourth-order valence-corrected chi connectivity index (χ4v) is 7.32. The van der Waals surface area contributed by atoms with E-state index in [9.17, 15) is 38.1 Å². The van der Waals surface area contributed by atoms with Gasteiger partial charge in [0.1, 0.15) is 12.1 Å². The van der Waals surface area contributed by atoms with Gasteiger partial charge in [0.25, 0.3) is 5.52 Å². The molecule has 0 radical (unpaired) electrons. The molecule has 0 unspecified atom stereocenters. The summed E-state index contributed by atoms with van der Waals surface area (Å²) in [6, 6.07) is 9.19. The van der Waals surface area contributed by atoms with Gasteiger partial charge in [0.15, 0.2) is 0 Å². The summed E-state index contributed by atoms with van der Waals surface area (Å²) in [5.41, 5.74) is 5.62. The molecular weight excluding hydrogens is 771 g/mol. The van der Waals surface area contributed by atoms with E-state index in [0.717, 1.165) is 11.1 Å². The van der Waals surface area contributed by atoms with E-state index in [4.69, 9.17) is 24.3 Å². The molecule has 4 amide bonds. The maximum atomic E-state index is 14.1. The number of benzene rings is 2. The van der Waals surface area contributed by atoms with Crippen LogP contribution in [-0.2, 0) is 64.7 Å². The molecule has 0 spiro atoms. The summed E-state index contributed by atoms with van der Waals surface area (Å²) in [7, 11) is -4.74. The number of carbonyl (C=O) groups is 7. The van der Waals surface area contributed by atoms with Crippen LogP contribution in [0.15, 0.2) is 48.5 Å². The van der Waals surface area contributed by atoms with Crippen LogP contribution in [0.25, 0.3) is 5.57 Å². The first-order chi connectivity index (χ1) is 27.0. The summed E-state index contributed by atoms with van der Waals surface area (Å²) in [6.45, 7) is 11.2. The Kier molecular flexibility index (Phi) is 14.6. The molecule has 2 heterocycles. The van der Waals surface area contributed by atoms with E-state index in [1.807, 2.05) is 18.2 Å². The number of esters is 2. The summed E-state index contributed by atoms with van der Waals surface area (Å²) < 4.78 is 34.2. The van der Waals surface area contributed by atoms with Gasteiger partial charge in [-0.25, -0.2) is 0 Å². The van der Waals surface area contributed by atoms with Crippen LogP contribution in [0.5, 0.6) is 0 Å². The number of rotatable bonds is 16. The molecular formula is C41H53N4O12P. The molecule has 17 heteroatoms. The zero-order valence-electron chi connectivity index (χ0n) is 34.2. The molecule has 4 N–H and O–H groups in total. The molecule has 2 aromatic rings. The van der Waals surface area contributed by atoms with Crippen LogP contribution in [0, 0.1) is 10.8 Å². The third-order valence-corrected chi connectivity index (χ3v) is 11.1. The monoisotopic (exact) mass is 824 g/mol. The molecule has 58 heavy (non-hydrogen) atoms. The Morgan fingerprint density at radius 3 is 2.00 bits per heavy atom. The van der Waals surface area contributed by atoms with Crippen LogP contribution in [0.4, 0.5) is 5.69 Å². The number of carbonyl (C=O) groups excluding carboxylic acids is 7. The third kappa shape index (κ3) is 11.5. The minimum Gasteiger partial charge on any atom is -0.438 e. The topological polar surface area (TPSA) is 227 Å². The van der Waals surface area contributed by atoms with Crippen molar-refractivity contribution in [3.63, 3.8) is 0 Å². The van der Waals surface area contributed by atoms with Gasteiger partial charge in [0, 0.05) is 30.5 Å². The largest absolute Gasteiger partial charge is 0.438 e. The number of nitrogens with two attached hydrogens (primary N) is 1. The Bertz CT molecular complexity index is 1980. The third-order valence-electron chi connectivity index (χ3n) is 9.47. The first kappa shape index (κ1) is 45.5. The number of ether oxygens (including phenoxy) is 2. The van der Waals surface area contributed by atoms with Gasteiger partial charge in [-0.3, -0.25) is 52.1 Å². The van der Waals surface area contributed by atoms with Crippen molar-refractivity contribution in [2.24, 2.45) is 16.6 Å². The molecule has 3 atom stereocenters. The van der Waals surface area contributed by atoms with Crippen molar-refractivity contribution < 1.29 is 56.6 Å². The molecule has 4 rings (SSSR count). The second-order valence-corrected chi connectivity index (χ2v) is 18.3. The summed E-state index contributed by atoms with van der Waals surface area (Å²) in [5.74, 6) is -3.21. The van der Waals surface area contributed by atoms with Crippen LogP contribution in [0.3, 0.4) is 0 Å². The van der Waals surface area contributed by atoms with Gasteiger partial charge in [-0.1, -0.05) is 42.5 Å². The average molecular weight is 825 g/mol. The highest BCUT2D eigenvalue weighted by Gasteiger charge is 2.44. The molecule has 2 aliphatic heterocycles. The summed E-state index contributed by atoms with van der Waals surface area (Å²) in [6.07, 6.45) is 2.81. The van der Waals surface area contributed by atoms with Crippen LogP contribution in [0.2, 0.25) is 0 Å². The number of allylic oxidation sites excluding steroid dienone is 1. The number of nitrogens with zero attached hydrogens (tertiary/aromatic N) is 1. The standard InChI is InChI=1S/C41H53N4O12P/c1-24(26-13-15-28(16-14-26)37(50)58(53,56-22-54-38(51)40(3,4)5)57-23-55-39(52)41(6,7)8)20-33(47)44-30-18-17-27-10-9-11-29-21-31(45(34(27)29)36(30)49)35(48)43-25(2)12-19-32(42)46/h9-11,13-16,20,25,30-31H,12,17-19,21-23H2,1-8H3,(H2,42,46)(H,43,48)(H,44,47)/b24-20+/t25-,30+,31+/m1/s1. The molecule has 0 saturated heterocycles. The lowest BCUT2D eigenvalue weighted by atomic mass is 9.98. The van der Waals surface area contributed by atoms with Crippen molar-refractivity contribution >= 4 is 59.9 Å². The smallest absolute Gasteiger partial charge is 0.407 e. The van der Waals surface area contributed by atoms with E-state index < -0.39 is 79.3 Å². The quantitative estimate of drug-likeness (QED) is 0.0906. The molecule has 0 saturated carbocycles. The number of primary amides is 1. The first-order valence-corrected chi connectivity index (χ1v) is 20.5. The summed E-state index contributed by atoms with van der Waals surface area (Å²) >= 11 is 0. The number of para-hydroxylation sites is 1. The lowest BCUT2D eigenvalue weighted by molar-refractivity contribution is -0.162. The van der Waals surface area contributed by atoms with Crippen LogP contribution in [0.1, 0.15) is 102 Å². The van der Waals surface area contributed by atoms with Gasteiger partial charge in [-0.05, 0) is 96.9 Å². The summed E-state index contributed by atoms with van der Waals surface area (Å²) in [5, 5.41) is 5.69. The first-order valence-electron chi connectivity index (χ1n) is 18.9. The van der Waals surface area contributed by atoms with Crippen molar-refractivity contribution in [1.29, 1.82) is 0 Å². The average Bonchev–Trinajstić information content (AvgIpc) is 3.48. The Morgan fingerprint density at radius 2 is 1.45 bits per heavy atom. The highest BCUT2D eigenvalue weighted by molar-refractivity contribution is 7.72. The van der Waals surface area contributed by atoms with E-state index >= 15 is 0 Å². The molecule has 0 fully saturated rings. The molecule has 2 aliphatic rings. The number of anilines is 1. The zero-order valence-corrected chi connectivity index (χ0v) is 35.1. The normalized spacial score (nSPS) is 17.4. The highest BCUT2D eigenvalue weighted by Crippen LogP contribution is 2.51. The lowest BCUT2D eigenvalue weighted by Gasteiger charge is -2.28. The second-order valence-electron chi connectivity index (χ2n) is 16.4. The van der Waals surface area contributed by atoms with E-state index in [-0.39, 0.29) is 23.9 Å². The van der Waals surface area contributed by atoms with Gasteiger partial charge >= 0.3 is 19.5 Å². The van der Waals surface area contributed by atoms with Gasteiger partial charge in [-0.15, -0.1) is 0 Å². The Labute approximate surface area is 338 Å². The van der Waals surface area contributed by atoms with E-state index in [1.165, 1.54) is 35.2 Å². The van der Waals surface area contributed by atoms with Crippen molar-refractivity contribution in [1.82, 2.24) is 10.6 Å². The fraction of sp³-hybridized carbons (Fsp3) is 0.488. The molecule has 0 aromatic heterocycles. The summed E-state index contributed by atoms with van der Waals surface area (Å²) in [4.78, 5) is 91.7. The number of hydrogen-bond donors (Lipinski definition) is 3. The minimum atomic E-state index is -4.74. The van der Waals surface area contributed by atoms with Gasteiger partial charge in [0.05, 0.1) is 16.5 Å². The van der Waals surface area contributed by atoms with E-state index in [2.05, 4.69) is 10.6 Å². The SMILES string of the molecule is C/C(=C\C(=O)N[C@H]1CCc2cccc3c2N(C1=O)[C@H](C(=O)N[C@H](C)CCC(N)=O)C3)c1ccc(C(=O)P(=O)(OCOC(=O)C(C)(C)C)OCOC(=O)C(C)(C)C)cc1. The fourth-order valence-electron chi connectivity index (χ4n) is 6.16. The molecule has 0 bridgehead atoms. The Hall–Kier alpha value is -5.18. The zero-order chi connectivity index (χ0) is 43.2. The molecule has 16 nitrogen and oxygen atoms in total. The van der Waals surface area contributed by atoms with Crippen molar-refractivity contribution in [2.45, 2.75) is 106 Å². The number of amides is 4. The maximum Gasteiger partial charge on any atom is 0.407 e. The Balaban J connectivity index is 1.47. The van der Waals surface area contributed by atoms with Crippen LogP contribution in [-0.4, -0.2) is 72.8 Å². The van der Waals surface area contributed by atoms with E-state index in [1.54, 1.807) is 55.4 Å².